The largest absolute Gasteiger partial charge is 0.466 e. The molecule has 0 radical (unpaired) electrons. The van der Waals surface area contributed by atoms with Gasteiger partial charge in [0.05, 0.1) is 12.5 Å². The van der Waals surface area contributed by atoms with Crippen molar-refractivity contribution in [2.75, 3.05) is 6.61 Å². The molecule has 0 aliphatic carbocycles. The van der Waals surface area contributed by atoms with E-state index in [4.69, 9.17) is 4.74 Å². The van der Waals surface area contributed by atoms with Crippen molar-refractivity contribution < 1.29 is 9.53 Å². The molecule has 0 aromatic carbocycles. The minimum absolute atomic E-state index is 0.0509. The third kappa shape index (κ3) is 3.40. The number of carbonyl (C=O) groups is 1. The van der Waals surface area contributed by atoms with Gasteiger partial charge in [-0.1, -0.05) is 20.8 Å². The van der Waals surface area contributed by atoms with E-state index in [1.165, 1.54) is 0 Å². The Morgan fingerprint density at radius 1 is 1.36 bits per heavy atom. The summed E-state index contributed by atoms with van der Waals surface area (Å²) < 4.78 is 4.92. The van der Waals surface area contributed by atoms with E-state index in [1.807, 2.05) is 27.7 Å². The first-order chi connectivity index (χ1) is 5.13. The zero-order chi connectivity index (χ0) is 8.85. The van der Waals surface area contributed by atoms with Crippen LogP contribution in [0.5, 0.6) is 0 Å². The smallest absolute Gasteiger partial charge is 0.309 e. The number of ether oxygens (including phenoxy) is 1. The van der Waals surface area contributed by atoms with E-state index in [2.05, 4.69) is 0 Å². The van der Waals surface area contributed by atoms with Crippen LogP contribution >= 0.6 is 0 Å². The topological polar surface area (TPSA) is 26.3 Å². The second-order valence-corrected chi connectivity index (χ2v) is 3.01. The molecule has 0 saturated carbocycles. The number of hydrogen-bond donors (Lipinski definition) is 0. The fourth-order valence-electron chi connectivity index (χ4n) is 1.16. The highest BCUT2D eigenvalue weighted by Crippen LogP contribution is 2.16. The van der Waals surface area contributed by atoms with Crippen molar-refractivity contribution >= 4 is 5.97 Å². The Bertz CT molecular complexity index is 119. The first-order valence-corrected chi connectivity index (χ1v) is 4.30. The Balaban J connectivity index is 3.92. The van der Waals surface area contributed by atoms with Crippen LogP contribution in [0.2, 0.25) is 0 Å². The predicted octanol–water partition coefficient (Wildman–Crippen LogP) is 2.23. The van der Waals surface area contributed by atoms with Gasteiger partial charge in [0.15, 0.2) is 0 Å². The van der Waals surface area contributed by atoms with Gasteiger partial charge in [-0.2, -0.15) is 0 Å². The highest BCUT2D eigenvalue weighted by molar-refractivity contribution is 5.72. The summed E-state index contributed by atoms with van der Waals surface area (Å²) in [6.45, 7) is 8.44. The molecule has 11 heavy (non-hydrogen) atoms. The molecule has 2 nitrogen and oxygen atoms in total. The van der Waals surface area contributed by atoms with E-state index in [-0.39, 0.29) is 11.9 Å². The van der Waals surface area contributed by atoms with E-state index in [0.29, 0.717) is 12.5 Å². The van der Waals surface area contributed by atoms with Crippen LogP contribution in [-0.4, -0.2) is 12.6 Å². The molecular weight excluding hydrogens is 140 g/mol. The number of rotatable bonds is 4. The molecule has 0 amide bonds. The maximum atomic E-state index is 11.2. The van der Waals surface area contributed by atoms with Crippen LogP contribution in [0.1, 0.15) is 34.1 Å². The lowest BCUT2D eigenvalue weighted by atomic mass is 9.94. The standard InChI is InChI=1S/C9H18O2/c1-5-8(7(3)4)9(10)11-6-2/h7-8H,5-6H2,1-4H3/t8-/m1/s1. The third-order valence-electron chi connectivity index (χ3n) is 1.83. The maximum Gasteiger partial charge on any atom is 0.309 e. The highest BCUT2D eigenvalue weighted by Gasteiger charge is 2.20. The summed E-state index contributed by atoms with van der Waals surface area (Å²) in [5, 5.41) is 0. The summed E-state index contributed by atoms with van der Waals surface area (Å²) in [5.41, 5.74) is 0. The van der Waals surface area contributed by atoms with E-state index >= 15 is 0 Å². The molecule has 0 fully saturated rings. The minimum Gasteiger partial charge on any atom is -0.466 e. The average molecular weight is 158 g/mol. The summed E-state index contributed by atoms with van der Waals surface area (Å²) in [6.07, 6.45) is 0.872. The molecule has 0 heterocycles. The normalized spacial score (nSPS) is 13.2. The van der Waals surface area contributed by atoms with Crippen LogP contribution in [0, 0.1) is 11.8 Å². The van der Waals surface area contributed by atoms with Gasteiger partial charge in [-0.3, -0.25) is 4.79 Å². The Morgan fingerprint density at radius 3 is 2.18 bits per heavy atom. The summed E-state index contributed by atoms with van der Waals surface area (Å²) in [5.74, 6) is 0.416. The Kier molecular flexibility index (Phi) is 4.92. The second-order valence-electron chi connectivity index (χ2n) is 3.01. The molecule has 0 N–H and O–H groups in total. The van der Waals surface area contributed by atoms with Gasteiger partial charge < -0.3 is 4.74 Å². The average Bonchev–Trinajstić information content (AvgIpc) is 1.88. The molecule has 0 spiro atoms. The third-order valence-corrected chi connectivity index (χ3v) is 1.83. The van der Waals surface area contributed by atoms with Crippen LogP contribution < -0.4 is 0 Å². The highest BCUT2D eigenvalue weighted by atomic mass is 16.5. The molecule has 0 rings (SSSR count). The van der Waals surface area contributed by atoms with Gasteiger partial charge >= 0.3 is 5.97 Å². The quantitative estimate of drug-likeness (QED) is 0.586. The van der Waals surface area contributed by atoms with Gasteiger partial charge in [-0.05, 0) is 19.3 Å². The summed E-state index contributed by atoms with van der Waals surface area (Å²) in [4.78, 5) is 11.2. The summed E-state index contributed by atoms with van der Waals surface area (Å²) >= 11 is 0. The Morgan fingerprint density at radius 2 is 1.91 bits per heavy atom. The zero-order valence-electron chi connectivity index (χ0n) is 7.89. The van der Waals surface area contributed by atoms with Gasteiger partial charge in [-0.25, -0.2) is 0 Å². The lowest BCUT2D eigenvalue weighted by Crippen LogP contribution is -2.21. The van der Waals surface area contributed by atoms with Gasteiger partial charge in [0.2, 0.25) is 0 Å². The first-order valence-electron chi connectivity index (χ1n) is 4.30. The monoisotopic (exact) mass is 158 g/mol. The van der Waals surface area contributed by atoms with Crippen molar-refractivity contribution in [2.45, 2.75) is 34.1 Å². The molecule has 0 aliphatic heterocycles. The van der Waals surface area contributed by atoms with E-state index in [9.17, 15) is 4.79 Å². The van der Waals surface area contributed by atoms with Crippen LogP contribution in [0.25, 0.3) is 0 Å². The minimum atomic E-state index is -0.0509. The van der Waals surface area contributed by atoms with E-state index in [0.717, 1.165) is 6.42 Å². The maximum absolute atomic E-state index is 11.2. The summed E-state index contributed by atoms with van der Waals surface area (Å²) in [6, 6.07) is 0. The molecule has 0 aromatic rings. The predicted molar refractivity (Wildman–Crippen MR) is 45.3 cm³/mol. The van der Waals surface area contributed by atoms with E-state index in [1.54, 1.807) is 0 Å². The Labute approximate surface area is 68.9 Å². The fraction of sp³-hybridized carbons (Fsp3) is 0.889. The van der Waals surface area contributed by atoms with Crippen molar-refractivity contribution in [3.05, 3.63) is 0 Å². The second kappa shape index (κ2) is 5.16. The molecule has 0 saturated heterocycles. The number of esters is 1. The molecule has 1 atom stereocenters. The van der Waals surface area contributed by atoms with Crippen LogP contribution in [0.4, 0.5) is 0 Å². The Hall–Kier alpha value is -0.530. The number of hydrogen-bond acceptors (Lipinski definition) is 2. The summed E-state index contributed by atoms with van der Waals surface area (Å²) in [7, 11) is 0. The van der Waals surface area contributed by atoms with Crippen molar-refractivity contribution in [3.8, 4) is 0 Å². The number of carbonyl (C=O) groups excluding carboxylic acids is 1. The first kappa shape index (κ1) is 10.5. The molecule has 0 unspecified atom stereocenters. The van der Waals surface area contributed by atoms with Gasteiger partial charge in [0.1, 0.15) is 0 Å². The molecular formula is C9H18O2. The van der Waals surface area contributed by atoms with Crippen LogP contribution in [0.15, 0.2) is 0 Å². The van der Waals surface area contributed by atoms with Gasteiger partial charge in [0, 0.05) is 0 Å². The SMILES string of the molecule is CCOC(=O)[C@H](CC)C(C)C. The lowest BCUT2D eigenvalue weighted by Gasteiger charge is -2.16. The molecule has 0 aliphatic rings. The molecule has 0 bridgehead atoms. The van der Waals surface area contributed by atoms with Gasteiger partial charge in [0.25, 0.3) is 0 Å². The molecule has 2 heteroatoms. The van der Waals surface area contributed by atoms with Crippen molar-refractivity contribution in [1.29, 1.82) is 0 Å². The fourth-order valence-corrected chi connectivity index (χ4v) is 1.16. The molecule has 0 aromatic heterocycles. The van der Waals surface area contributed by atoms with E-state index < -0.39 is 0 Å². The van der Waals surface area contributed by atoms with Crippen LogP contribution in [-0.2, 0) is 9.53 Å². The lowest BCUT2D eigenvalue weighted by molar-refractivity contribution is -0.149. The van der Waals surface area contributed by atoms with Crippen molar-refractivity contribution in [3.63, 3.8) is 0 Å². The zero-order valence-corrected chi connectivity index (χ0v) is 7.89. The van der Waals surface area contributed by atoms with Crippen molar-refractivity contribution in [2.24, 2.45) is 11.8 Å². The van der Waals surface area contributed by atoms with Gasteiger partial charge in [-0.15, -0.1) is 0 Å². The van der Waals surface area contributed by atoms with Crippen molar-refractivity contribution in [1.82, 2.24) is 0 Å². The van der Waals surface area contributed by atoms with Crippen LogP contribution in [0.3, 0.4) is 0 Å². The molecule has 66 valence electrons.